The van der Waals surface area contributed by atoms with Crippen molar-refractivity contribution in [1.29, 1.82) is 0 Å². The molecular weight excluding hydrogens is 448 g/mol. The maximum Gasteiger partial charge on any atom is 0.343 e. The lowest BCUT2D eigenvalue weighted by molar-refractivity contribution is -0.127. The molecule has 0 aromatic heterocycles. The van der Waals surface area contributed by atoms with Crippen LogP contribution in [0, 0.1) is 0 Å². The van der Waals surface area contributed by atoms with Gasteiger partial charge in [-0.05, 0) is 48.2 Å². The van der Waals surface area contributed by atoms with Gasteiger partial charge in [0, 0.05) is 10.0 Å². The number of amides is 3. The third-order valence-corrected chi connectivity index (χ3v) is 5.06. The molecule has 0 unspecified atom stereocenters. The monoisotopic (exact) mass is 460 g/mol. The summed E-state index contributed by atoms with van der Waals surface area (Å²) >= 11 is 4.01. The minimum Gasteiger partial charge on any atom is -0.422 e. The highest BCUT2D eigenvalue weighted by Gasteiger charge is 2.36. The largest absolute Gasteiger partial charge is 0.422 e. The fourth-order valence-electron chi connectivity index (χ4n) is 2.39. The molecule has 0 aliphatic carbocycles. The van der Waals surface area contributed by atoms with E-state index < -0.39 is 29.6 Å². The van der Waals surface area contributed by atoms with Crippen LogP contribution >= 0.6 is 27.7 Å². The third-order valence-electron chi connectivity index (χ3n) is 3.66. The quantitative estimate of drug-likeness (QED) is 0.417. The summed E-state index contributed by atoms with van der Waals surface area (Å²) in [6.45, 7) is -0.490. The summed E-state index contributed by atoms with van der Waals surface area (Å²) in [4.78, 5) is 48.6. The second kappa shape index (κ2) is 8.41. The fraction of sp³-hybridized carbons (Fsp3) is 0.0526. The predicted octanol–water partition coefficient (Wildman–Crippen LogP) is 3.19. The first-order chi connectivity index (χ1) is 13.3. The molecule has 0 bridgehead atoms. The van der Waals surface area contributed by atoms with Gasteiger partial charge in [-0.2, -0.15) is 0 Å². The smallest absolute Gasteiger partial charge is 0.343 e. The highest BCUT2D eigenvalue weighted by atomic mass is 79.9. The fourth-order valence-corrected chi connectivity index (χ4v) is 3.60. The standard InChI is InChI=1S/C19H13BrN2O5S/c20-13-6-7-14(27-18(25)11-4-2-1-3-5-11)12(8-13)9-15-17(24)22(10-16(21)23)19(26)28-15/h1-9H,10H2,(H2,21,23)/b15-9-. The summed E-state index contributed by atoms with van der Waals surface area (Å²) in [6, 6.07) is 13.4. The zero-order valence-electron chi connectivity index (χ0n) is 14.3. The summed E-state index contributed by atoms with van der Waals surface area (Å²) in [5, 5.41) is -0.590. The molecule has 28 heavy (non-hydrogen) atoms. The van der Waals surface area contributed by atoms with E-state index in [2.05, 4.69) is 15.9 Å². The van der Waals surface area contributed by atoms with E-state index in [0.29, 0.717) is 27.4 Å². The van der Waals surface area contributed by atoms with E-state index >= 15 is 0 Å². The predicted molar refractivity (Wildman–Crippen MR) is 107 cm³/mol. The number of ether oxygens (including phenoxy) is 1. The van der Waals surface area contributed by atoms with Crippen LogP contribution in [-0.4, -0.2) is 34.5 Å². The molecule has 1 heterocycles. The normalized spacial score (nSPS) is 15.2. The van der Waals surface area contributed by atoms with Crippen LogP contribution in [0.5, 0.6) is 5.75 Å². The second-order valence-electron chi connectivity index (χ2n) is 5.67. The third kappa shape index (κ3) is 4.49. The second-order valence-corrected chi connectivity index (χ2v) is 7.58. The average molecular weight is 461 g/mol. The van der Waals surface area contributed by atoms with E-state index in [4.69, 9.17) is 10.5 Å². The lowest BCUT2D eigenvalue weighted by atomic mass is 10.1. The molecule has 2 N–H and O–H groups in total. The first kappa shape index (κ1) is 19.8. The van der Waals surface area contributed by atoms with Crippen LogP contribution in [0.3, 0.4) is 0 Å². The van der Waals surface area contributed by atoms with E-state index in [1.165, 1.54) is 6.08 Å². The number of thioether (sulfide) groups is 1. The Morgan fingerprint density at radius 3 is 2.54 bits per heavy atom. The number of carbonyl (C=O) groups is 4. The van der Waals surface area contributed by atoms with Crippen LogP contribution in [0.25, 0.3) is 6.08 Å². The summed E-state index contributed by atoms with van der Waals surface area (Å²) in [6.07, 6.45) is 1.43. The number of esters is 1. The van der Waals surface area contributed by atoms with Crippen LogP contribution in [-0.2, 0) is 9.59 Å². The summed E-state index contributed by atoms with van der Waals surface area (Å²) in [5.41, 5.74) is 5.86. The average Bonchev–Trinajstić information content (AvgIpc) is 2.91. The number of hydrogen-bond acceptors (Lipinski definition) is 6. The van der Waals surface area contributed by atoms with Gasteiger partial charge in [0.1, 0.15) is 12.3 Å². The SMILES string of the molecule is NC(=O)CN1C(=O)S/C(=C\c2cc(Br)ccc2OC(=O)c2ccccc2)C1=O. The summed E-state index contributed by atoms with van der Waals surface area (Å²) in [7, 11) is 0. The highest BCUT2D eigenvalue weighted by Crippen LogP contribution is 2.34. The van der Waals surface area contributed by atoms with E-state index in [1.54, 1.807) is 48.5 Å². The Balaban J connectivity index is 1.90. The van der Waals surface area contributed by atoms with Crippen molar-refractivity contribution in [3.63, 3.8) is 0 Å². The Kier molecular flexibility index (Phi) is 5.96. The van der Waals surface area contributed by atoms with Crippen LogP contribution in [0.4, 0.5) is 4.79 Å². The lowest BCUT2D eigenvalue weighted by Crippen LogP contribution is -2.36. The topological polar surface area (TPSA) is 107 Å². The number of nitrogens with zero attached hydrogens (tertiary/aromatic N) is 1. The van der Waals surface area contributed by atoms with Gasteiger partial charge in [-0.25, -0.2) is 4.79 Å². The Bertz CT molecular complexity index is 1010. The molecule has 2 aromatic carbocycles. The Labute approximate surface area is 172 Å². The molecule has 1 fully saturated rings. The number of hydrogen-bond donors (Lipinski definition) is 1. The van der Waals surface area contributed by atoms with Crippen molar-refractivity contribution in [2.75, 3.05) is 6.54 Å². The van der Waals surface area contributed by atoms with Gasteiger partial charge in [0.2, 0.25) is 5.91 Å². The number of primary amides is 1. The summed E-state index contributed by atoms with van der Waals surface area (Å²) in [5.74, 6) is -1.75. The number of imide groups is 1. The molecule has 142 valence electrons. The minimum absolute atomic E-state index is 0.0985. The molecule has 3 amide bonds. The molecule has 1 aliphatic rings. The zero-order chi connectivity index (χ0) is 20.3. The molecule has 2 aromatic rings. The van der Waals surface area contributed by atoms with Gasteiger partial charge >= 0.3 is 5.97 Å². The molecule has 1 saturated heterocycles. The van der Waals surface area contributed by atoms with Crippen LogP contribution in [0.2, 0.25) is 0 Å². The number of carbonyl (C=O) groups excluding carboxylic acids is 4. The van der Waals surface area contributed by atoms with Crippen molar-refractivity contribution in [3.05, 3.63) is 69.0 Å². The van der Waals surface area contributed by atoms with Gasteiger partial charge in [0.25, 0.3) is 11.1 Å². The minimum atomic E-state index is -0.788. The number of benzene rings is 2. The van der Waals surface area contributed by atoms with Gasteiger partial charge in [-0.3, -0.25) is 19.3 Å². The first-order valence-corrected chi connectivity index (χ1v) is 9.56. The molecule has 0 saturated carbocycles. The number of nitrogens with two attached hydrogens (primary N) is 1. The lowest BCUT2D eigenvalue weighted by Gasteiger charge is -2.10. The Hall–Kier alpha value is -2.91. The van der Waals surface area contributed by atoms with Crippen molar-refractivity contribution >= 4 is 56.8 Å². The summed E-state index contributed by atoms with van der Waals surface area (Å²) < 4.78 is 6.14. The van der Waals surface area contributed by atoms with Gasteiger partial charge < -0.3 is 10.5 Å². The molecule has 1 aliphatic heterocycles. The highest BCUT2D eigenvalue weighted by molar-refractivity contribution is 9.10. The maximum atomic E-state index is 12.4. The van der Waals surface area contributed by atoms with Crippen molar-refractivity contribution in [3.8, 4) is 5.75 Å². The van der Waals surface area contributed by atoms with Crippen LogP contribution in [0.15, 0.2) is 57.9 Å². The molecular formula is C19H13BrN2O5S. The molecule has 7 nitrogen and oxygen atoms in total. The van der Waals surface area contributed by atoms with Gasteiger partial charge in [-0.15, -0.1) is 0 Å². The van der Waals surface area contributed by atoms with Crippen molar-refractivity contribution < 1.29 is 23.9 Å². The van der Waals surface area contributed by atoms with Crippen molar-refractivity contribution in [2.45, 2.75) is 0 Å². The van der Waals surface area contributed by atoms with Gasteiger partial charge in [0.05, 0.1) is 10.5 Å². The Morgan fingerprint density at radius 1 is 1.14 bits per heavy atom. The van der Waals surface area contributed by atoms with E-state index in [9.17, 15) is 19.2 Å². The van der Waals surface area contributed by atoms with E-state index in [-0.39, 0.29) is 10.7 Å². The van der Waals surface area contributed by atoms with Crippen LogP contribution in [0.1, 0.15) is 15.9 Å². The van der Waals surface area contributed by atoms with E-state index in [1.807, 2.05) is 0 Å². The molecule has 0 spiro atoms. The van der Waals surface area contributed by atoms with Gasteiger partial charge in [0.15, 0.2) is 0 Å². The maximum absolute atomic E-state index is 12.4. The molecule has 3 rings (SSSR count). The first-order valence-electron chi connectivity index (χ1n) is 7.95. The molecule has 9 heteroatoms. The Morgan fingerprint density at radius 2 is 1.86 bits per heavy atom. The molecule has 0 radical (unpaired) electrons. The zero-order valence-corrected chi connectivity index (χ0v) is 16.7. The van der Waals surface area contributed by atoms with Crippen molar-refractivity contribution in [2.24, 2.45) is 5.73 Å². The van der Waals surface area contributed by atoms with E-state index in [0.717, 1.165) is 4.90 Å². The molecule has 0 atom stereocenters. The van der Waals surface area contributed by atoms with Crippen LogP contribution < -0.4 is 10.5 Å². The number of halogens is 1. The number of rotatable bonds is 5. The van der Waals surface area contributed by atoms with Gasteiger partial charge in [-0.1, -0.05) is 34.1 Å². The van der Waals surface area contributed by atoms with Crippen molar-refractivity contribution in [1.82, 2.24) is 4.90 Å².